The number of aliphatic imine (C=N–C) groups is 1. The van der Waals surface area contributed by atoms with Crippen LogP contribution < -0.4 is 11.2 Å². The van der Waals surface area contributed by atoms with Crippen molar-refractivity contribution in [3.05, 3.63) is 56.4 Å². The maximum Gasteiger partial charge on any atom is 0.431 e. The fraction of sp³-hybridized carbons (Fsp3) is 0.312. The van der Waals surface area contributed by atoms with Crippen LogP contribution in [0, 0.1) is 0 Å². The first-order valence-electron chi connectivity index (χ1n) is 7.37. The van der Waals surface area contributed by atoms with Gasteiger partial charge in [-0.1, -0.05) is 0 Å². The van der Waals surface area contributed by atoms with E-state index in [0.29, 0.717) is 10.6 Å². The Morgan fingerprint density at radius 1 is 1.20 bits per heavy atom. The molecule has 0 atom stereocenters. The number of alkyl halides is 3. The van der Waals surface area contributed by atoms with Crippen LogP contribution in [0.3, 0.4) is 0 Å². The van der Waals surface area contributed by atoms with Crippen LogP contribution in [0.25, 0.3) is 5.69 Å². The molecule has 1 aliphatic rings. The van der Waals surface area contributed by atoms with Crippen molar-refractivity contribution in [2.24, 2.45) is 12.0 Å². The van der Waals surface area contributed by atoms with Gasteiger partial charge in [-0.15, -0.1) is 11.8 Å². The Labute approximate surface area is 144 Å². The van der Waals surface area contributed by atoms with E-state index in [1.54, 1.807) is 37.0 Å². The second-order valence-corrected chi connectivity index (χ2v) is 6.63. The summed E-state index contributed by atoms with van der Waals surface area (Å²) in [5.41, 5.74) is -1.48. The molecule has 25 heavy (non-hydrogen) atoms. The zero-order valence-electron chi connectivity index (χ0n) is 13.4. The Hall–Kier alpha value is -2.29. The van der Waals surface area contributed by atoms with Gasteiger partial charge in [-0.25, -0.2) is 9.36 Å². The standard InChI is InChI=1S/C16H14F3N3O2S/c1-20-11-5-6-25-12-4-3-9(7-10(11)12)22-14(23)8-13(16(17,18)19)21(2)15(22)24/h3-4,7-8H,5-6H2,1-2H3. The van der Waals surface area contributed by atoms with Crippen molar-refractivity contribution in [3.8, 4) is 5.69 Å². The number of hydrogen-bond donors (Lipinski definition) is 0. The summed E-state index contributed by atoms with van der Waals surface area (Å²) in [6.45, 7) is 0. The molecule has 0 aliphatic carbocycles. The lowest BCUT2D eigenvalue weighted by Gasteiger charge is -2.19. The number of benzene rings is 1. The molecule has 132 valence electrons. The molecular weight excluding hydrogens is 355 g/mol. The first-order valence-corrected chi connectivity index (χ1v) is 8.36. The summed E-state index contributed by atoms with van der Waals surface area (Å²) < 4.78 is 40.0. The molecule has 0 saturated heterocycles. The van der Waals surface area contributed by atoms with Gasteiger partial charge in [0.05, 0.1) is 5.69 Å². The molecule has 2 heterocycles. The van der Waals surface area contributed by atoms with Crippen LogP contribution in [-0.4, -0.2) is 27.6 Å². The molecule has 0 unspecified atom stereocenters. The molecule has 2 aromatic rings. The van der Waals surface area contributed by atoms with Crippen molar-refractivity contribution in [3.63, 3.8) is 0 Å². The summed E-state index contributed by atoms with van der Waals surface area (Å²) in [5, 5.41) is 0. The Morgan fingerprint density at radius 2 is 1.92 bits per heavy atom. The third kappa shape index (κ3) is 3.04. The number of rotatable bonds is 1. The lowest BCUT2D eigenvalue weighted by atomic mass is 10.1. The van der Waals surface area contributed by atoms with Gasteiger partial charge in [-0.05, 0) is 24.6 Å². The fourth-order valence-electron chi connectivity index (χ4n) is 2.77. The molecule has 3 rings (SSSR count). The van der Waals surface area contributed by atoms with Crippen LogP contribution in [0.4, 0.5) is 13.2 Å². The van der Waals surface area contributed by atoms with Crippen molar-refractivity contribution in [1.82, 2.24) is 9.13 Å². The van der Waals surface area contributed by atoms with Crippen molar-refractivity contribution >= 4 is 17.5 Å². The van der Waals surface area contributed by atoms with Crippen LogP contribution in [0.5, 0.6) is 0 Å². The molecule has 0 fully saturated rings. The highest BCUT2D eigenvalue weighted by Gasteiger charge is 2.35. The number of nitrogens with zero attached hydrogens (tertiary/aromatic N) is 3. The summed E-state index contributed by atoms with van der Waals surface area (Å²) in [7, 11) is 2.65. The first kappa shape index (κ1) is 17.5. The monoisotopic (exact) mass is 369 g/mol. The molecule has 0 bridgehead atoms. The Balaban J connectivity index is 2.24. The lowest BCUT2D eigenvalue weighted by Crippen LogP contribution is -2.40. The predicted octanol–water partition coefficient (Wildman–Crippen LogP) is 2.47. The van der Waals surface area contributed by atoms with Crippen LogP contribution in [0.15, 0.2) is 43.7 Å². The van der Waals surface area contributed by atoms with E-state index in [9.17, 15) is 22.8 Å². The quantitative estimate of drug-likeness (QED) is 0.776. The van der Waals surface area contributed by atoms with Gasteiger partial charge in [-0.3, -0.25) is 14.4 Å². The fourth-order valence-corrected chi connectivity index (χ4v) is 3.78. The van der Waals surface area contributed by atoms with Crippen LogP contribution in [0.2, 0.25) is 0 Å². The number of halogens is 3. The minimum atomic E-state index is -4.78. The van der Waals surface area contributed by atoms with Gasteiger partial charge in [0.1, 0.15) is 5.69 Å². The molecule has 0 N–H and O–H groups in total. The van der Waals surface area contributed by atoms with E-state index in [1.165, 1.54) is 0 Å². The average Bonchev–Trinajstić information content (AvgIpc) is 2.56. The van der Waals surface area contributed by atoms with E-state index >= 15 is 0 Å². The van der Waals surface area contributed by atoms with E-state index in [4.69, 9.17) is 0 Å². The largest absolute Gasteiger partial charge is 0.431 e. The Morgan fingerprint density at radius 3 is 2.56 bits per heavy atom. The summed E-state index contributed by atoms with van der Waals surface area (Å²) >= 11 is 1.63. The Kier molecular flexibility index (Phi) is 4.36. The smallest absolute Gasteiger partial charge is 0.292 e. The van der Waals surface area contributed by atoms with Crippen molar-refractivity contribution in [2.75, 3.05) is 12.8 Å². The van der Waals surface area contributed by atoms with Crippen LogP contribution >= 0.6 is 11.8 Å². The second kappa shape index (κ2) is 6.21. The molecule has 5 nitrogen and oxygen atoms in total. The van der Waals surface area contributed by atoms with E-state index in [1.807, 2.05) is 0 Å². The lowest BCUT2D eigenvalue weighted by molar-refractivity contribution is -0.144. The number of thioether (sulfide) groups is 1. The summed E-state index contributed by atoms with van der Waals surface area (Å²) in [6, 6.07) is 5.37. The topological polar surface area (TPSA) is 56.4 Å². The van der Waals surface area contributed by atoms with Crippen LogP contribution in [-0.2, 0) is 13.2 Å². The summed E-state index contributed by atoms with van der Waals surface area (Å²) in [6.07, 6.45) is -4.03. The molecular formula is C16H14F3N3O2S. The van der Waals surface area contributed by atoms with Gasteiger partial charge in [0.25, 0.3) is 5.56 Å². The maximum absolute atomic E-state index is 12.9. The SMILES string of the molecule is CN=C1CCSc2ccc(-n3c(=O)cc(C(F)(F)F)n(C)c3=O)cc21. The molecule has 1 aromatic carbocycles. The maximum atomic E-state index is 12.9. The third-order valence-electron chi connectivity index (χ3n) is 4.01. The minimum absolute atomic E-state index is 0.224. The number of fused-ring (bicyclic) bond motifs is 1. The predicted molar refractivity (Wildman–Crippen MR) is 90.1 cm³/mol. The molecule has 0 spiro atoms. The van der Waals surface area contributed by atoms with Gasteiger partial charge in [0, 0.05) is 42.1 Å². The molecule has 0 radical (unpaired) electrons. The molecule has 1 aromatic heterocycles. The third-order valence-corrected chi connectivity index (χ3v) is 5.08. The number of aromatic nitrogens is 2. The van der Waals surface area contributed by atoms with Gasteiger partial charge in [0.2, 0.25) is 0 Å². The van der Waals surface area contributed by atoms with E-state index in [-0.39, 0.29) is 5.69 Å². The Bertz CT molecular complexity index is 990. The van der Waals surface area contributed by atoms with E-state index in [2.05, 4.69) is 4.99 Å². The highest BCUT2D eigenvalue weighted by atomic mass is 32.2. The average molecular weight is 369 g/mol. The highest BCUT2D eigenvalue weighted by Crippen LogP contribution is 2.31. The summed E-state index contributed by atoms with van der Waals surface area (Å²) in [5.74, 6) is 0.876. The zero-order valence-corrected chi connectivity index (χ0v) is 14.2. The molecule has 0 saturated carbocycles. The normalized spacial score (nSPS) is 16.1. The molecule has 1 aliphatic heterocycles. The van der Waals surface area contributed by atoms with E-state index < -0.39 is 23.1 Å². The van der Waals surface area contributed by atoms with Gasteiger partial charge >= 0.3 is 11.9 Å². The van der Waals surface area contributed by atoms with Crippen molar-refractivity contribution < 1.29 is 13.2 Å². The van der Waals surface area contributed by atoms with Gasteiger partial charge in [0.15, 0.2) is 0 Å². The molecule has 0 amide bonds. The highest BCUT2D eigenvalue weighted by molar-refractivity contribution is 7.99. The van der Waals surface area contributed by atoms with Gasteiger partial charge < -0.3 is 0 Å². The van der Waals surface area contributed by atoms with Crippen LogP contribution in [0.1, 0.15) is 17.7 Å². The van der Waals surface area contributed by atoms with Crippen molar-refractivity contribution in [1.29, 1.82) is 0 Å². The summed E-state index contributed by atoms with van der Waals surface area (Å²) in [4.78, 5) is 29.7. The minimum Gasteiger partial charge on any atom is -0.292 e. The zero-order chi connectivity index (χ0) is 18.4. The van der Waals surface area contributed by atoms with E-state index in [0.717, 1.165) is 40.0 Å². The number of hydrogen-bond acceptors (Lipinski definition) is 4. The first-order chi connectivity index (χ1) is 11.7. The molecule has 9 heteroatoms. The second-order valence-electron chi connectivity index (χ2n) is 5.49. The van der Waals surface area contributed by atoms with Crippen molar-refractivity contribution in [2.45, 2.75) is 17.5 Å². The van der Waals surface area contributed by atoms with Gasteiger partial charge in [-0.2, -0.15) is 13.2 Å².